The molecule has 0 unspecified atom stereocenters. The molecular weight excluding hydrogens is 276 g/mol. The summed E-state index contributed by atoms with van der Waals surface area (Å²) in [5, 5.41) is 3.47. The number of rotatable bonds is 8. The van der Waals surface area contributed by atoms with Crippen LogP contribution in [0.25, 0.3) is 6.08 Å². The molecule has 0 atom stereocenters. The van der Waals surface area contributed by atoms with Gasteiger partial charge in [-0.2, -0.15) is 8.78 Å². The Labute approximate surface area is 123 Å². The average Bonchev–Trinajstić information content (AvgIpc) is 3.28. The molecule has 0 bridgehead atoms. The van der Waals surface area contributed by atoms with Gasteiger partial charge in [-0.25, -0.2) is 0 Å². The van der Waals surface area contributed by atoms with Gasteiger partial charge in [-0.3, -0.25) is 0 Å². The lowest BCUT2D eigenvalue weighted by Gasteiger charge is -2.11. The number of alkyl halides is 2. The van der Waals surface area contributed by atoms with E-state index in [0.717, 1.165) is 18.5 Å². The van der Waals surface area contributed by atoms with Crippen LogP contribution in [0.15, 0.2) is 23.8 Å². The molecule has 0 saturated heterocycles. The van der Waals surface area contributed by atoms with E-state index in [-0.39, 0.29) is 5.75 Å². The van der Waals surface area contributed by atoms with Crippen LogP contribution in [0.3, 0.4) is 0 Å². The van der Waals surface area contributed by atoms with Crippen molar-refractivity contribution < 1.29 is 18.3 Å². The minimum Gasteiger partial charge on any atom is -0.493 e. The summed E-state index contributed by atoms with van der Waals surface area (Å²) in [6.07, 6.45) is 5.51. The molecule has 0 radical (unpaired) electrons. The topological polar surface area (TPSA) is 30.5 Å². The Bertz CT molecular complexity index is 499. The van der Waals surface area contributed by atoms with Crippen molar-refractivity contribution in [1.82, 2.24) is 5.32 Å². The van der Waals surface area contributed by atoms with Crippen molar-refractivity contribution in [3.8, 4) is 11.5 Å². The Morgan fingerprint density at radius 1 is 1.38 bits per heavy atom. The number of benzene rings is 1. The van der Waals surface area contributed by atoms with Gasteiger partial charge in [-0.05, 0) is 37.0 Å². The molecule has 0 amide bonds. The Morgan fingerprint density at radius 3 is 2.71 bits per heavy atom. The molecule has 116 valence electrons. The van der Waals surface area contributed by atoms with Crippen LogP contribution in [0.4, 0.5) is 8.78 Å². The van der Waals surface area contributed by atoms with Gasteiger partial charge in [0, 0.05) is 12.6 Å². The van der Waals surface area contributed by atoms with Crippen LogP contribution in [0.5, 0.6) is 11.5 Å². The van der Waals surface area contributed by atoms with E-state index < -0.39 is 6.61 Å². The van der Waals surface area contributed by atoms with Crippen molar-refractivity contribution in [2.24, 2.45) is 0 Å². The zero-order chi connectivity index (χ0) is 15.2. The lowest BCUT2D eigenvalue weighted by molar-refractivity contribution is -0.0512. The van der Waals surface area contributed by atoms with Crippen molar-refractivity contribution in [1.29, 1.82) is 0 Å². The quantitative estimate of drug-likeness (QED) is 0.791. The summed E-state index contributed by atoms with van der Waals surface area (Å²) in [6.45, 7) is 0.110. The Kier molecular flexibility index (Phi) is 5.56. The fourth-order valence-corrected chi connectivity index (χ4v) is 2.04. The molecule has 0 aliphatic heterocycles. The van der Waals surface area contributed by atoms with Gasteiger partial charge >= 0.3 is 6.61 Å². The molecule has 1 aliphatic carbocycles. The number of hydrogen-bond acceptors (Lipinski definition) is 3. The number of nitrogens with one attached hydrogen (secondary N) is 1. The van der Waals surface area contributed by atoms with E-state index in [1.165, 1.54) is 31.6 Å². The molecule has 1 fully saturated rings. The van der Waals surface area contributed by atoms with E-state index in [4.69, 9.17) is 4.74 Å². The second kappa shape index (κ2) is 7.41. The molecule has 1 aliphatic rings. The predicted molar refractivity (Wildman–Crippen MR) is 78.9 cm³/mol. The third kappa shape index (κ3) is 5.01. The van der Waals surface area contributed by atoms with Crippen LogP contribution in [-0.2, 0) is 0 Å². The van der Waals surface area contributed by atoms with Gasteiger partial charge in [0.1, 0.15) is 0 Å². The van der Waals surface area contributed by atoms with E-state index in [1.807, 2.05) is 0 Å². The van der Waals surface area contributed by atoms with E-state index in [1.54, 1.807) is 12.1 Å². The molecule has 0 spiro atoms. The Balaban J connectivity index is 2.10. The zero-order valence-electron chi connectivity index (χ0n) is 12.4. The van der Waals surface area contributed by atoms with Crippen LogP contribution in [-0.4, -0.2) is 26.3 Å². The first kappa shape index (κ1) is 15.8. The summed E-state index contributed by atoms with van der Waals surface area (Å²) >= 11 is 0. The molecule has 1 aromatic rings. The second-order valence-corrected chi connectivity index (χ2v) is 5.10. The van der Waals surface area contributed by atoms with Gasteiger partial charge in [0.15, 0.2) is 11.5 Å². The molecule has 1 saturated carbocycles. The zero-order valence-corrected chi connectivity index (χ0v) is 12.4. The summed E-state index contributed by atoms with van der Waals surface area (Å²) in [5.41, 5.74) is 2.19. The van der Waals surface area contributed by atoms with Crippen molar-refractivity contribution in [3.05, 3.63) is 29.3 Å². The molecule has 1 aromatic carbocycles. The Hall–Kier alpha value is -1.62. The number of halogens is 2. The largest absolute Gasteiger partial charge is 0.493 e. The van der Waals surface area contributed by atoms with Gasteiger partial charge < -0.3 is 14.8 Å². The highest BCUT2D eigenvalue weighted by Gasteiger charge is 2.20. The van der Waals surface area contributed by atoms with Gasteiger partial charge in [0.2, 0.25) is 0 Å². The second-order valence-electron chi connectivity index (χ2n) is 5.10. The number of methoxy groups -OCH3 is 1. The smallest absolute Gasteiger partial charge is 0.387 e. The molecule has 5 heteroatoms. The van der Waals surface area contributed by atoms with E-state index in [2.05, 4.69) is 23.1 Å². The highest BCUT2D eigenvalue weighted by Crippen LogP contribution is 2.30. The normalized spacial score (nSPS) is 15.4. The van der Waals surface area contributed by atoms with Gasteiger partial charge in [0.25, 0.3) is 0 Å². The summed E-state index contributed by atoms with van der Waals surface area (Å²) in [6, 6.07) is 5.65. The van der Waals surface area contributed by atoms with Gasteiger partial charge in [-0.1, -0.05) is 24.6 Å². The van der Waals surface area contributed by atoms with Crippen molar-refractivity contribution in [2.45, 2.75) is 38.8 Å². The first-order chi connectivity index (χ1) is 10.1. The average molecular weight is 297 g/mol. The molecule has 0 aromatic heterocycles. The highest BCUT2D eigenvalue weighted by atomic mass is 19.3. The summed E-state index contributed by atoms with van der Waals surface area (Å²) < 4.78 is 34.1. The number of hydrogen-bond donors (Lipinski definition) is 1. The minimum atomic E-state index is -2.85. The van der Waals surface area contributed by atoms with E-state index in [9.17, 15) is 8.78 Å². The van der Waals surface area contributed by atoms with Crippen LogP contribution in [0, 0.1) is 0 Å². The van der Waals surface area contributed by atoms with Crippen LogP contribution in [0.2, 0.25) is 0 Å². The molecule has 3 nitrogen and oxygen atoms in total. The van der Waals surface area contributed by atoms with Crippen molar-refractivity contribution in [3.63, 3.8) is 0 Å². The van der Waals surface area contributed by atoms with Crippen LogP contribution >= 0.6 is 0 Å². The molecule has 21 heavy (non-hydrogen) atoms. The van der Waals surface area contributed by atoms with Gasteiger partial charge in [-0.15, -0.1) is 0 Å². The first-order valence-corrected chi connectivity index (χ1v) is 7.18. The fourth-order valence-electron chi connectivity index (χ4n) is 2.04. The maximum absolute atomic E-state index is 12.3. The van der Waals surface area contributed by atoms with Gasteiger partial charge in [0.05, 0.1) is 7.11 Å². The number of ether oxygens (including phenoxy) is 2. The maximum Gasteiger partial charge on any atom is 0.387 e. The third-order valence-corrected chi connectivity index (χ3v) is 3.42. The van der Waals surface area contributed by atoms with Crippen LogP contribution < -0.4 is 14.8 Å². The van der Waals surface area contributed by atoms with Crippen molar-refractivity contribution >= 4 is 6.08 Å². The maximum atomic E-state index is 12.3. The van der Waals surface area contributed by atoms with E-state index in [0.29, 0.717) is 11.8 Å². The fraction of sp³-hybridized carbons (Fsp3) is 0.500. The summed E-state index contributed by atoms with van der Waals surface area (Å²) in [7, 11) is 1.44. The SMILES string of the molecule is CCC(=Cc1ccc(OC(F)F)c(OC)c1)CNC1CC1. The molecule has 1 N–H and O–H groups in total. The van der Waals surface area contributed by atoms with Crippen molar-refractivity contribution in [2.75, 3.05) is 13.7 Å². The summed E-state index contributed by atoms with van der Waals surface area (Å²) in [4.78, 5) is 0. The predicted octanol–water partition coefficient (Wildman–Crippen LogP) is 3.84. The molecule has 0 heterocycles. The van der Waals surface area contributed by atoms with E-state index >= 15 is 0 Å². The minimum absolute atomic E-state index is 0.0544. The molecule has 2 rings (SSSR count). The Morgan fingerprint density at radius 2 is 2.14 bits per heavy atom. The lowest BCUT2D eigenvalue weighted by Crippen LogP contribution is -2.18. The lowest BCUT2D eigenvalue weighted by atomic mass is 10.1. The summed E-state index contributed by atoms with van der Waals surface area (Å²) in [5.74, 6) is 0.369. The van der Waals surface area contributed by atoms with Crippen LogP contribution in [0.1, 0.15) is 31.7 Å². The monoisotopic (exact) mass is 297 g/mol. The molecular formula is C16H21F2NO2. The first-order valence-electron chi connectivity index (χ1n) is 7.18. The highest BCUT2D eigenvalue weighted by molar-refractivity contribution is 5.58. The standard InChI is InChI=1S/C16H21F2NO2/c1-3-11(10-19-13-5-6-13)8-12-4-7-14(21-16(17)18)15(9-12)20-2/h4,7-9,13,16,19H,3,5-6,10H2,1-2H3. The third-order valence-electron chi connectivity index (χ3n) is 3.42.